The van der Waals surface area contributed by atoms with Crippen molar-refractivity contribution in [3.05, 3.63) is 0 Å². The maximum Gasteiger partial charge on any atom is 0.187 e. The van der Waals surface area contributed by atoms with Gasteiger partial charge in [-0.1, -0.05) is 41.0 Å². The fourth-order valence-corrected chi connectivity index (χ4v) is 1.93. The van der Waals surface area contributed by atoms with Gasteiger partial charge < -0.3 is 19.5 Å². The molecule has 0 radical (unpaired) electrons. The van der Waals surface area contributed by atoms with E-state index in [1.54, 1.807) is 0 Å². The molecule has 1 N–H and O–H groups in total. The fraction of sp³-hybridized carbons (Fsp3) is 1.00. The molecule has 2 fully saturated rings. The van der Waals surface area contributed by atoms with Gasteiger partial charge in [0.15, 0.2) is 12.1 Å². The van der Waals surface area contributed by atoms with Crippen molar-refractivity contribution < 1.29 is 14.2 Å². The van der Waals surface area contributed by atoms with Crippen molar-refractivity contribution in [1.82, 2.24) is 5.32 Å². The van der Waals surface area contributed by atoms with Crippen molar-refractivity contribution in [3.8, 4) is 0 Å². The van der Waals surface area contributed by atoms with Crippen LogP contribution in [0, 0.1) is 0 Å². The smallest absolute Gasteiger partial charge is 0.187 e. The van der Waals surface area contributed by atoms with E-state index in [9.17, 15) is 0 Å². The molecule has 2 heterocycles. The molecular formula is C15H33NO3. The standard InChI is InChI=1S/C9H16O3.C4H11N.C2H6/c1-3-5-9(2)11-7-4-6-10-8(7)12-9;1-4(2)5-3;1-2/h7-8H,3-6H2,1-2H3;4-5H,1-3H3;1-2H3. The van der Waals surface area contributed by atoms with Crippen molar-refractivity contribution >= 4 is 0 Å². The zero-order chi connectivity index (χ0) is 14.9. The summed E-state index contributed by atoms with van der Waals surface area (Å²) in [6.45, 7) is 13.1. The van der Waals surface area contributed by atoms with E-state index in [1.807, 2.05) is 27.8 Å². The van der Waals surface area contributed by atoms with Crippen LogP contribution in [-0.2, 0) is 14.2 Å². The maximum atomic E-state index is 5.77. The van der Waals surface area contributed by atoms with E-state index in [0.29, 0.717) is 6.04 Å². The topological polar surface area (TPSA) is 39.7 Å². The first-order valence-corrected chi connectivity index (χ1v) is 7.65. The molecule has 2 saturated heterocycles. The van der Waals surface area contributed by atoms with Crippen molar-refractivity contribution in [3.63, 3.8) is 0 Å². The molecule has 2 aliphatic rings. The third-order valence-corrected chi connectivity index (χ3v) is 3.04. The molecule has 2 rings (SSSR count). The number of fused-ring (bicyclic) bond motifs is 1. The summed E-state index contributed by atoms with van der Waals surface area (Å²) in [7, 11) is 1.95. The normalized spacial score (nSPS) is 32.2. The molecule has 2 aliphatic heterocycles. The van der Waals surface area contributed by atoms with E-state index in [0.717, 1.165) is 25.9 Å². The first kappa shape index (κ1) is 18.8. The molecule has 0 aromatic carbocycles. The molecule has 19 heavy (non-hydrogen) atoms. The van der Waals surface area contributed by atoms with E-state index >= 15 is 0 Å². The molecule has 0 saturated carbocycles. The molecular weight excluding hydrogens is 242 g/mol. The minimum Gasteiger partial charge on any atom is -0.350 e. The van der Waals surface area contributed by atoms with Gasteiger partial charge in [-0.3, -0.25) is 0 Å². The quantitative estimate of drug-likeness (QED) is 0.858. The number of nitrogens with one attached hydrogen (secondary N) is 1. The van der Waals surface area contributed by atoms with E-state index in [-0.39, 0.29) is 18.2 Å². The van der Waals surface area contributed by atoms with Crippen molar-refractivity contribution in [1.29, 1.82) is 0 Å². The Labute approximate surface area is 119 Å². The summed E-state index contributed by atoms with van der Waals surface area (Å²) in [4.78, 5) is 0. The Bertz CT molecular complexity index is 209. The number of rotatable bonds is 3. The first-order valence-electron chi connectivity index (χ1n) is 7.65. The zero-order valence-electron chi connectivity index (χ0n) is 13.8. The van der Waals surface area contributed by atoms with Crippen LogP contribution in [0.15, 0.2) is 0 Å². The number of ether oxygens (including phenoxy) is 3. The highest BCUT2D eigenvalue weighted by atomic mass is 16.8. The summed E-state index contributed by atoms with van der Waals surface area (Å²) in [5.41, 5.74) is 0. The van der Waals surface area contributed by atoms with E-state index < -0.39 is 0 Å². The fourth-order valence-electron chi connectivity index (χ4n) is 1.93. The second-order valence-corrected chi connectivity index (χ2v) is 5.13. The lowest BCUT2D eigenvalue weighted by molar-refractivity contribution is -0.207. The van der Waals surface area contributed by atoms with Crippen LogP contribution in [0.1, 0.15) is 60.8 Å². The molecule has 4 nitrogen and oxygen atoms in total. The van der Waals surface area contributed by atoms with Crippen LogP contribution in [0.25, 0.3) is 0 Å². The van der Waals surface area contributed by atoms with Crippen LogP contribution in [0.2, 0.25) is 0 Å². The maximum absolute atomic E-state index is 5.77. The molecule has 0 spiro atoms. The van der Waals surface area contributed by atoms with Crippen LogP contribution in [-0.4, -0.2) is 37.9 Å². The molecule has 0 aliphatic carbocycles. The zero-order valence-corrected chi connectivity index (χ0v) is 13.8. The Morgan fingerprint density at radius 2 is 1.84 bits per heavy atom. The second kappa shape index (κ2) is 9.70. The molecule has 0 aromatic heterocycles. The number of hydrogen-bond acceptors (Lipinski definition) is 4. The lowest BCUT2D eigenvalue weighted by Crippen LogP contribution is -2.27. The lowest BCUT2D eigenvalue weighted by Gasteiger charge is -2.22. The lowest BCUT2D eigenvalue weighted by atomic mass is 10.2. The molecule has 0 aromatic rings. The van der Waals surface area contributed by atoms with Gasteiger partial charge in [0.2, 0.25) is 0 Å². The van der Waals surface area contributed by atoms with Gasteiger partial charge >= 0.3 is 0 Å². The highest BCUT2D eigenvalue weighted by Crippen LogP contribution is 2.37. The van der Waals surface area contributed by atoms with Gasteiger partial charge in [-0.05, 0) is 14.0 Å². The Hall–Kier alpha value is -0.160. The van der Waals surface area contributed by atoms with Gasteiger partial charge in [0, 0.05) is 18.9 Å². The third-order valence-electron chi connectivity index (χ3n) is 3.04. The molecule has 3 unspecified atom stereocenters. The summed E-state index contributed by atoms with van der Waals surface area (Å²) in [6, 6.07) is 0.634. The third kappa shape index (κ3) is 6.70. The molecule has 0 bridgehead atoms. The SMILES string of the molecule is CC.CCCC1(C)OC2CCOC2O1.CNC(C)C. The average molecular weight is 275 g/mol. The first-order chi connectivity index (χ1) is 9.00. The summed E-state index contributed by atoms with van der Waals surface area (Å²) >= 11 is 0. The van der Waals surface area contributed by atoms with Crippen LogP contribution in [0.3, 0.4) is 0 Å². The van der Waals surface area contributed by atoms with Crippen molar-refractivity contribution in [2.45, 2.75) is 85.0 Å². The van der Waals surface area contributed by atoms with Crippen LogP contribution in [0.4, 0.5) is 0 Å². The Morgan fingerprint density at radius 1 is 1.26 bits per heavy atom. The minimum atomic E-state index is -0.384. The summed E-state index contributed by atoms with van der Waals surface area (Å²) in [5.74, 6) is -0.384. The Balaban J connectivity index is 0.000000396. The summed E-state index contributed by atoms with van der Waals surface area (Å²) < 4.78 is 16.8. The summed E-state index contributed by atoms with van der Waals surface area (Å²) in [6.07, 6.45) is 3.09. The summed E-state index contributed by atoms with van der Waals surface area (Å²) in [5, 5.41) is 3.03. The van der Waals surface area contributed by atoms with Gasteiger partial charge in [0.25, 0.3) is 0 Å². The minimum absolute atomic E-state index is 0.0958. The number of hydrogen-bond donors (Lipinski definition) is 1. The molecule has 4 heteroatoms. The van der Waals surface area contributed by atoms with Gasteiger partial charge in [0.05, 0.1) is 6.61 Å². The van der Waals surface area contributed by atoms with E-state index in [4.69, 9.17) is 14.2 Å². The Kier molecular flexibility index (Phi) is 9.62. The van der Waals surface area contributed by atoms with E-state index in [1.165, 1.54) is 0 Å². The molecule has 0 amide bonds. The average Bonchev–Trinajstić information content (AvgIpc) is 2.90. The second-order valence-electron chi connectivity index (χ2n) is 5.13. The van der Waals surface area contributed by atoms with E-state index in [2.05, 4.69) is 26.1 Å². The van der Waals surface area contributed by atoms with Crippen LogP contribution in [0.5, 0.6) is 0 Å². The highest BCUT2D eigenvalue weighted by Gasteiger charge is 2.46. The highest BCUT2D eigenvalue weighted by molar-refractivity contribution is 4.81. The van der Waals surface area contributed by atoms with Gasteiger partial charge in [0.1, 0.15) is 6.10 Å². The van der Waals surface area contributed by atoms with Crippen molar-refractivity contribution in [2.75, 3.05) is 13.7 Å². The predicted molar refractivity (Wildman–Crippen MR) is 79.2 cm³/mol. The largest absolute Gasteiger partial charge is 0.350 e. The Morgan fingerprint density at radius 3 is 2.26 bits per heavy atom. The van der Waals surface area contributed by atoms with Gasteiger partial charge in [-0.2, -0.15) is 0 Å². The molecule has 116 valence electrons. The molecule has 3 atom stereocenters. The van der Waals surface area contributed by atoms with Crippen LogP contribution < -0.4 is 5.32 Å². The monoisotopic (exact) mass is 275 g/mol. The van der Waals surface area contributed by atoms with Crippen LogP contribution >= 0.6 is 0 Å². The van der Waals surface area contributed by atoms with Gasteiger partial charge in [-0.15, -0.1) is 0 Å². The van der Waals surface area contributed by atoms with Crippen molar-refractivity contribution in [2.24, 2.45) is 0 Å². The predicted octanol–water partition coefficient (Wildman–Crippen LogP) is 3.30. The van der Waals surface area contributed by atoms with Gasteiger partial charge in [-0.25, -0.2) is 0 Å².